The van der Waals surface area contributed by atoms with Gasteiger partial charge in [0.15, 0.2) is 5.65 Å². The molecule has 0 amide bonds. The van der Waals surface area contributed by atoms with Gasteiger partial charge in [-0.3, -0.25) is 0 Å². The third kappa shape index (κ3) is 3.36. The Hall–Kier alpha value is -2.76. The topological polar surface area (TPSA) is 74.7 Å². The Bertz CT molecular complexity index is 796. The number of hydrogen-bond acceptors (Lipinski definition) is 5. The average molecular weight is 312 g/mol. The number of nitrogens with two attached hydrogens (primary N) is 1. The van der Waals surface area contributed by atoms with E-state index in [1.165, 1.54) is 0 Å². The van der Waals surface area contributed by atoms with Crippen LogP contribution in [0.4, 0.5) is 5.69 Å². The van der Waals surface area contributed by atoms with E-state index in [1.807, 2.05) is 37.4 Å². The van der Waals surface area contributed by atoms with E-state index in [0.29, 0.717) is 30.2 Å². The molecule has 0 atom stereocenters. The second-order valence-electron chi connectivity index (χ2n) is 5.31. The number of aromatic nitrogens is 3. The smallest absolute Gasteiger partial charge is 0.233 e. The van der Waals surface area contributed by atoms with E-state index in [2.05, 4.69) is 10.1 Å². The van der Waals surface area contributed by atoms with Crippen molar-refractivity contribution in [3.63, 3.8) is 0 Å². The van der Waals surface area contributed by atoms with Gasteiger partial charge >= 0.3 is 0 Å². The Morgan fingerprint density at radius 1 is 1.22 bits per heavy atom. The first-order chi connectivity index (χ1) is 11.2. The molecule has 0 aliphatic carbocycles. The number of ether oxygens (including phenoxy) is 2. The Morgan fingerprint density at radius 3 is 2.70 bits per heavy atom. The van der Waals surface area contributed by atoms with Crippen molar-refractivity contribution in [2.45, 2.75) is 19.8 Å². The molecule has 1 aromatic carbocycles. The predicted molar refractivity (Wildman–Crippen MR) is 89.0 cm³/mol. The highest BCUT2D eigenvalue weighted by atomic mass is 16.5. The van der Waals surface area contributed by atoms with Crippen molar-refractivity contribution < 1.29 is 9.47 Å². The predicted octanol–water partition coefficient (Wildman–Crippen LogP) is 2.70. The molecule has 0 fully saturated rings. The van der Waals surface area contributed by atoms with Crippen molar-refractivity contribution in [3.8, 4) is 11.6 Å². The second-order valence-corrected chi connectivity index (χ2v) is 5.31. The van der Waals surface area contributed by atoms with Crippen molar-refractivity contribution in [2.24, 2.45) is 0 Å². The minimum Gasteiger partial charge on any atom is -0.497 e. The van der Waals surface area contributed by atoms with Gasteiger partial charge in [-0.2, -0.15) is 0 Å². The fourth-order valence-corrected chi connectivity index (χ4v) is 2.34. The minimum atomic E-state index is 0.519. The van der Waals surface area contributed by atoms with Crippen LogP contribution < -0.4 is 15.2 Å². The average Bonchev–Trinajstić information content (AvgIpc) is 2.96. The molecule has 0 aliphatic rings. The quantitative estimate of drug-likeness (QED) is 0.757. The zero-order valence-electron chi connectivity index (χ0n) is 13.3. The standard InChI is InChI=1S/C17H20N4O2/c1-3-8-23-16-10-15(18)17-19-13(11-21(17)20-16)9-12-4-6-14(22-2)7-5-12/h4-7,10-11H,3,8-9,18H2,1-2H3. The number of nitrogen functional groups attached to an aromatic ring is 1. The zero-order valence-corrected chi connectivity index (χ0v) is 13.3. The van der Waals surface area contributed by atoms with Gasteiger partial charge in [-0.25, -0.2) is 9.50 Å². The largest absolute Gasteiger partial charge is 0.497 e. The Kier molecular flexibility index (Phi) is 4.32. The highest BCUT2D eigenvalue weighted by molar-refractivity contribution is 5.65. The number of imidazole rings is 1. The Labute approximate surface area is 134 Å². The summed E-state index contributed by atoms with van der Waals surface area (Å²) in [6.45, 7) is 2.66. The monoisotopic (exact) mass is 312 g/mol. The first-order valence-corrected chi connectivity index (χ1v) is 7.60. The molecule has 2 N–H and O–H groups in total. The summed E-state index contributed by atoms with van der Waals surface area (Å²) in [5, 5.41) is 4.40. The summed E-state index contributed by atoms with van der Waals surface area (Å²) in [7, 11) is 1.66. The molecule has 2 aromatic heterocycles. The van der Waals surface area contributed by atoms with Crippen molar-refractivity contribution in [1.82, 2.24) is 14.6 Å². The van der Waals surface area contributed by atoms with Gasteiger partial charge in [0.25, 0.3) is 0 Å². The van der Waals surface area contributed by atoms with Crippen LogP contribution in [-0.2, 0) is 6.42 Å². The number of hydrogen-bond donors (Lipinski definition) is 1. The van der Waals surface area contributed by atoms with Crippen LogP contribution in [0.3, 0.4) is 0 Å². The maximum atomic E-state index is 6.05. The Morgan fingerprint density at radius 2 is 2.00 bits per heavy atom. The van der Waals surface area contributed by atoms with Crippen LogP contribution in [0.5, 0.6) is 11.6 Å². The van der Waals surface area contributed by atoms with E-state index in [0.717, 1.165) is 23.4 Å². The van der Waals surface area contributed by atoms with Gasteiger partial charge in [0.2, 0.25) is 5.88 Å². The molecule has 0 saturated heterocycles. The highest BCUT2D eigenvalue weighted by Gasteiger charge is 2.09. The summed E-state index contributed by atoms with van der Waals surface area (Å²) < 4.78 is 12.4. The number of methoxy groups -OCH3 is 1. The van der Waals surface area contributed by atoms with E-state index in [1.54, 1.807) is 17.7 Å². The fraction of sp³-hybridized carbons (Fsp3) is 0.294. The SMILES string of the molecule is CCCOc1cc(N)c2nc(Cc3ccc(OC)cc3)cn2n1. The third-order valence-electron chi connectivity index (χ3n) is 3.48. The molecule has 0 unspecified atom stereocenters. The van der Waals surface area contributed by atoms with Crippen LogP contribution in [0.2, 0.25) is 0 Å². The molecule has 0 saturated carbocycles. The van der Waals surface area contributed by atoms with Crippen LogP contribution in [0.25, 0.3) is 5.65 Å². The van der Waals surface area contributed by atoms with Gasteiger partial charge in [0.05, 0.1) is 31.3 Å². The molecule has 0 aliphatic heterocycles. The van der Waals surface area contributed by atoms with Crippen molar-refractivity contribution in [2.75, 3.05) is 19.5 Å². The third-order valence-corrected chi connectivity index (χ3v) is 3.48. The highest BCUT2D eigenvalue weighted by Crippen LogP contribution is 2.20. The lowest BCUT2D eigenvalue weighted by Gasteiger charge is -2.04. The van der Waals surface area contributed by atoms with E-state index in [9.17, 15) is 0 Å². The maximum absolute atomic E-state index is 6.05. The lowest BCUT2D eigenvalue weighted by Crippen LogP contribution is -2.03. The molecule has 3 rings (SSSR count). The summed E-state index contributed by atoms with van der Waals surface area (Å²) >= 11 is 0. The lowest BCUT2D eigenvalue weighted by molar-refractivity contribution is 0.301. The van der Waals surface area contributed by atoms with E-state index < -0.39 is 0 Å². The molecule has 120 valence electrons. The normalized spacial score (nSPS) is 10.9. The molecule has 3 aromatic rings. The molecule has 0 bridgehead atoms. The van der Waals surface area contributed by atoms with Crippen LogP contribution in [-0.4, -0.2) is 28.3 Å². The van der Waals surface area contributed by atoms with Crippen LogP contribution in [0.15, 0.2) is 36.5 Å². The molecule has 6 heteroatoms. The molecule has 23 heavy (non-hydrogen) atoms. The zero-order chi connectivity index (χ0) is 16.2. The maximum Gasteiger partial charge on any atom is 0.233 e. The van der Waals surface area contributed by atoms with Crippen molar-refractivity contribution in [1.29, 1.82) is 0 Å². The van der Waals surface area contributed by atoms with Crippen LogP contribution >= 0.6 is 0 Å². The van der Waals surface area contributed by atoms with Gasteiger partial charge in [-0.05, 0) is 24.1 Å². The number of anilines is 1. The Balaban J connectivity index is 1.85. The van der Waals surface area contributed by atoms with E-state index in [-0.39, 0.29) is 0 Å². The van der Waals surface area contributed by atoms with E-state index >= 15 is 0 Å². The number of fused-ring (bicyclic) bond motifs is 1. The van der Waals surface area contributed by atoms with Gasteiger partial charge in [-0.1, -0.05) is 19.1 Å². The lowest BCUT2D eigenvalue weighted by atomic mass is 10.1. The molecular formula is C17H20N4O2. The molecule has 2 heterocycles. The van der Waals surface area contributed by atoms with E-state index in [4.69, 9.17) is 15.2 Å². The number of benzene rings is 1. The van der Waals surface area contributed by atoms with Gasteiger partial charge < -0.3 is 15.2 Å². The second kappa shape index (κ2) is 6.56. The minimum absolute atomic E-state index is 0.519. The summed E-state index contributed by atoms with van der Waals surface area (Å²) in [5.41, 5.74) is 9.32. The van der Waals surface area contributed by atoms with Gasteiger partial charge in [-0.15, -0.1) is 5.10 Å². The van der Waals surface area contributed by atoms with Crippen LogP contribution in [0, 0.1) is 0 Å². The number of rotatable bonds is 6. The van der Waals surface area contributed by atoms with Gasteiger partial charge in [0.1, 0.15) is 5.75 Å². The summed E-state index contributed by atoms with van der Waals surface area (Å²) in [6.07, 6.45) is 3.51. The van der Waals surface area contributed by atoms with Crippen LogP contribution in [0.1, 0.15) is 24.6 Å². The molecule has 0 spiro atoms. The summed E-state index contributed by atoms with van der Waals surface area (Å²) in [4.78, 5) is 4.56. The summed E-state index contributed by atoms with van der Waals surface area (Å²) in [6, 6.07) is 9.64. The molecule has 0 radical (unpaired) electrons. The first kappa shape index (κ1) is 15.1. The van der Waals surface area contributed by atoms with Crippen molar-refractivity contribution >= 4 is 11.3 Å². The molecular weight excluding hydrogens is 292 g/mol. The summed E-state index contributed by atoms with van der Waals surface area (Å²) in [5.74, 6) is 1.36. The van der Waals surface area contributed by atoms with Crippen molar-refractivity contribution in [3.05, 3.63) is 47.8 Å². The fourth-order valence-electron chi connectivity index (χ4n) is 2.34. The number of nitrogens with zero attached hydrogens (tertiary/aromatic N) is 3. The van der Waals surface area contributed by atoms with Gasteiger partial charge in [0, 0.05) is 12.5 Å². The molecule has 6 nitrogen and oxygen atoms in total. The first-order valence-electron chi connectivity index (χ1n) is 7.60.